The zero-order chi connectivity index (χ0) is 23.2. The fourth-order valence-corrected chi connectivity index (χ4v) is 2.70. The predicted octanol–water partition coefficient (Wildman–Crippen LogP) is 2.80. The Morgan fingerprint density at radius 2 is 2.13 bits per heavy atom. The van der Waals surface area contributed by atoms with E-state index in [2.05, 4.69) is 16.9 Å². The predicted molar refractivity (Wildman–Crippen MR) is 125 cm³/mol. The Bertz CT molecular complexity index is 836. The van der Waals surface area contributed by atoms with Crippen LogP contribution in [0.3, 0.4) is 0 Å². The monoisotopic (exact) mass is 430 g/mol. The summed E-state index contributed by atoms with van der Waals surface area (Å²) in [6, 6.07) is 6.94. The van der Waals surface area contributed by atoms with Crippen molar-refractivity contribution in [1.29, 1.82) is 0 Å². The molecule has 3 rings (SSSR count). The number of carbonyl (C=O) groups excluding carboxylic acids is 1. The Balaban J connectivity index is 0.000000284. The van der Waals surface area contributed by atoms with Gasteiger partial charge in [0.25, 0.3) is 0 Å². The molecule has 8 nitrogen and oxygen atoms in total. The van der Waals surface area contributed by atoms with Gasteiger partial charge in [-0.2, -0.15) is 0 Å². The van der Waals surface area contributed by atoms with Gasteiger partial charge in [0, 0.05) is 43.8 Å². The lowest BCUT2D eigenvalue weighted by Crippen LogP contribution is -2.23. The van der Waals surface area contributed by atoms with Crippen molar-refractivity contribution in [3.63, 3.8) is 0 Å². The minimum absolute atomic E-state index is 0.144. The summed E-state index contributed by atoms with van der Waals surface area (Å²) in [5.41, 5.74) is 14.7. The molecule has 0 bridgehead atoms. The molecular formula is C23H34N4O4. The fourth-order valence-electron chi connectivity index (χ4n) is 2.70. The maximum Gasteiger partial charge on any atom is 0.243 e. The van der Waals surface area contributed by atoms with Crippen LogP contribution in [-0.2, 0) is 14.3 Å². The number of aromatic nitrogens is 1. The number of nitrogens with two attached hydrogens (primary N) is 2. The summed E-state index contributed by atoms with van der Waals surface area (Å²) in [5, 5.41) is 12.0. The first-order valence-corrected chi connectivity index (χ1v) is 9.97. The smallest absolute Gasteiger partial charge is 0.243 e. The molecule has 2 aromatic rings. The molecule has 0 aliphatic carbocycles. The largest absolute Gasteiger partial charge is 0.507 e. The number of hydrogen-bond acceptors (Lipinski definition) is 6. The van der Waals surface area contributed by atoms with E-state index >= 15 is 0 Å². The van der Waals surface area contributed by atoms with E-state index in [0.717, 1.165) is 37.2 Å². The van der Waals surface area contributed by atoms with Crippen LogP contribution < -0.4 is 16.8 Å². The third kappa shape index (κ3) is 8.98. The number of benzene rings is 1. The van der Waals surface area contributed by atoms with Crippen LogP contribution in [0.25, 0.3) is 11.8 Å². The van der Waals surface area contributed by atoms with E-state index in [4.69, 9.17) is 20.9 Å². The van der Waals surface area contributed by atoms with Crippen LogP contribution >= 0.6 is 0 Å². The van der Waals surface area contributed by atoms with Crippen molar-refractivity contribution in [2.45, 2.75) is 25.9 Å². The van der Waals surface area contributed by atoms with Crippen molar-refractivity contribution < 1.29 is 19.4 Å². The van der Waals surface area contributed by atoms with Crippen molar-refractivity contribution >= 4 is 23.5 Å². The second-order valence-electron chi connectivity index (χ2n) is 6.81. The number of aromatic hydroxyl groups is 1. The number of hydrogen-bond donors (Lipinski definition) is 5. The number of para-hydroxylation sites is 1. The van der Waals surface area contributed by atoms with Gasteiger partial charge in [-0.05, 0) is 49.6 Å². The third-order valence-corrected chi connectivity index (χ3v) is 4.56. The van der Waals surface area contributed by atoms with E-state index in [0.29, 0.717) is 23.2 Å². The summed E-state index contributed by atoms with van der Waals surface area (Å²) in [5.74, 6) is 0.587. The molecule has 1 amide bonds. The second kappa shape index (κ2) is 13.9. The van der Waals surface area contributed by atoms with Crippen LogP contribution in [0, 0.1) is 6.92 Å². The van der Waals surface area contributed by atoms with E-state index in [1.165, 1.54) is 6.08 Å². The van der Waals surface area contributed by atoms with Crippen LogP contribution in [0.1, 0.15) is 29.5 Å². The maximum absolute atomic E-state index is 9.95. The molecule has 1 fully saturated rings. The number of H-pyrrole nitrogens is 1. The first-order valence-electron chi connectivity index (χ1n) is 9.97. The number of anilines is 1. The Morgan fingerprint density at radius 1 is 1.42 bits per heavy atom. The third-order valence-electron chi connectivity index (χ3n) is 4.56. The molecular weight excluding hydrogens is 396 g/mol. The molecule has 1 atom stereocenters. The van der Waals surface area contributed by atoms with E-state index < -0.39 is 0 Å². The fraction of sp³-hybridized carbons (Fsp3) is 0.348. The lowest BCUT2D eigenvalue weighted by atomic mass is 10.1. The molecule has 1 aromatic carbocycles. The molecule has 1 saturated heterocycles. The van der Waals surface area contributed by atoms with Crippen molar-refractivity contribution in [1.82, 2.24) is 10.3 Å². The molecule has 0 radical (unpaired) electrons. The van der Waals surface area contributed by atoms with Crippen LogP contribution in [0.4, 0.5) is 5.82 Å². The van der Waals surface area contributed by atoms with Crippen molar-refractivity contribution in [3.8, 4) is 5.75 Å². The molecule has 1 aromatic heterocycles. The minimum Gasteiger partial charge on any atom is -0.507 e. The number of methoxy groups -OCH3 is 1. The quantitative estimate of drug-likeness (QED) is 0.473. The highest BCUT2D eigenvalue weighted by atomic mass is 16.5. The van der Waals surface area contributed by atoms with Crippen molar-refractivity contribution in [3.05, 3.63) is 59.8 Å². The number of phenols is 1. The molecule has 8 heteroatoms. The highest BCUT2D eigenvalue weighted by Crippen LogP contribution is 2.25. The van der Waals surface area contributed by atoms with Gasteiger partial charge in [0.2, 0.25) is 5.91 Å². The Morgan fingerprint density at radius 3 is 2.55 bits per heavy atom. The summed E-state index contributed by atoms with van der Waals surface area (Å²) in [7, 11) is 3.30. The van der Waals surface area contributed by atoms with Gasteiger partial charge in [-0.3, -0.25) is 4.79 Å². The van der Waals surface area contributed by atoms with Crippen LogP contribution in [-0.4, -0.2) is 49.5 Å². The van der Waals surface area contributed by atoms with Gasteiger partial charge in [-0.25, -0.2) is 0 Å². The average molecular weight is 431 g/mol. The number of nitrogen functional groups attached to an aromatic ring is 1. The van der Waals surface area contributed by atoms with Crippen LogP contribution in [0.15, 0.2) is 43.1 Å². The number of rotatable bonds is 4. The van der Waals surface area contributed by atoms with E-state index in [1.807, 2.05) is 19.2 Å². The second-order valence-corrected chi connectivity index (χ2v) is 6.81. The molecule has 1 unspecified atom stereocenters. The maximum atomic E-state index is 9.95. The summed E-state index contributed by atoms with van der Waals surface area (Å²) in [6.45, 7) is 6.87. The molecule has 1 aliphatic rings. The van der Waals surface area contributed by atoms with Gasteiger partial charge in [0.1, 0.15) is 11.6 Å². The highest BCUT2D eigenvalue weighted by Gasteiger charge is 2.11. The lowest BCUT2D eigenvalue weighted by Gasteiger charge is -2.19. The molecule has 31 heavy (non-hydrogen) atoms. The van der Waals surface area contributed by atoms with Crippen LogP contribution in [0.2, 0.25) is 0 Å². The summed E-state index contributed by atoms with van der Waals surface area (Å²) in [4.78, 5) is 12.9. The van der Waals surface area contributed by atoms with E-state index in [1.54, 1.807) is 38.4 Å². The standard InChI is InChI=1S/C13H15N3O.C6H12O2.C4H7NO/c1-8-7-16-13(15)10(8)6-11(14)9-4-2-3-5-12(9)17;1-7-6-3-2-4-8-5-6;1-3-4(6)5-2/h2-7,16-17H,14-15H2,1H3;6H,2-5H2,1H3;3H,1H2,2H3,(H,5,6)/b11-6-;;. The highest BCUT2D eigenvalue weighted by molar-refractivity contribution is 5.86. The summed E-state index contributed by atoms with van der Waals surface area (Å²) in [6.07, 6.45) is 7.48. The van der Waals surface area contributed by atoms with Gasteiger partial charge in [-0.15, -0.1) is 0 Å². The topological polar surface area (TPSA) is 136 Å². The number of phenolic OH excluding ortho intramolecular Hbond substituents is 1. The first-order chi connectivity index (χ1) is 14.8. The van der Waals surface area contributed by atoms with Gasteiger partial charge >= 0.3 is 0 Å². The number of likely N-dealkylation sites (N-methyl/N-ethyl adjacent to an activating group) is 1. The van der Waals surface area contributed by atoms with Gasteiger partial charge in [-0.1, -0.05) is 18.7 Å². The Labute approximate surface area is 183 Å². The van der Waals surface area contributed by atoms with Gasteiger partial charge < -0.3 is 36.3 Å². The summed E-state index contributed by atoms with van der Waals surface area (Å²) < 4.78 is 10.2. The van der Waals surface area contributed by atoms with E-state index in [-0.39, 0.29) is 11.7 Å². The van der Waals surface area contributed by atoms with Gasteiger partial charge in [0.15, 0.2) is 0 Å². The average Bonchev–Trinajstić information content (AvgIpc) is 3.12. The number of aryl methyl sites for hydroxylation is 1. The number of amides is 1. The number of carbonyl (C=O) groups is 1. The van der Waals surface area contributed by atoms with Crippen molar-refractivity contribution in [2.75, 3.05) is 33.1 Å². The van der Waals surface area contributed by atoms with Gasteiger partial charge in [0.05, 0.1) is 12.7 Å². The normalized spacial score (nSPS) is 15.6. The number of aromatic amines is 1. The molecule has 170 valence electrons. The molecule has 0 spiro atoms. The zero-order valence-corrected chi connectivity index (χ0v) is 18.5. The molecule has 7 N–H and O–H groups in total. The molecule has 1 aliphatic heterocycles. The first kappa shape index (κ1) is 25.8. The van der Waals surface area contributed by atoms with Crippen LogP contribution in [0.5, 0.6) is 5.75 Å². The number of nitrogens with one attached hydrogen (secondary N) is 2. The van der Waals surface area contributed by atoms with Crippen molar-refractivity contribution in [2.24, 2.45) is 5.73 Å². The lowest BCUT2D eigenvalue weighted by molar-refractivity contribution is -0.116. The minimum atomic E-state index is -0.144. The van der Waals surface area contributed by atoms with E-state index in [9.17, 15) is 9.90 Å². The SMILES string of the molecule is C=CC(=O)NC.COC1CCCOC1.Cc1c[nH]c(N)c1/C=C(\N)c1ccccc1O. The zero-order valence-electron chi connectivity index (χ0n) is 18.5. The Hall–Kier alpha value is -3.23. The number of ether oxygens (including phenoxy) is 2. The summed E-state index contributed by atoms with van der Waals surface area (Å²) >= 11 is 0. The molecule has 2 heterocycles. The molecule has 0 saturated carbocycles. The Kier molecular flexibility index (Phi) is 11.6.